The van der Waals surface area contributed by atoms with Gasteiger partial charge in [0.1, 0.15) is 5.65 Å². The molecule has 0 saturated carbocycles. The summed E-state index contributed by atoms with van der Waals surface area (Å²) >= 11 is 0. The summed E-state index contributed by atoms with van der Waals surface area (Å²) in [6.45, 7) is 6.13. The van der Waals surface area contributed by atoms with Crippen molar-refractivity contribution in [2.24, 2.45) is 14.1 Å². The largest absolute Gasteiger partial charge is 0.332 e. The second-order valence-electron chi connectivity index (χ2n) is 5.52. The second kappa shape index (κ2) is 3.80. The molecule has 2 aromatic rings. The van der Waals surface area contributed by atoms with Gasteiger partial charge in [0.05, 0.1) is 5.39 Å². The first-order chi connectivity index (χ1) is 8.23. The molecule has 2 aromatic heterocycles. The molecule has 0 aliphatic carbocycles. The molecule has 0 atom stereocenters. The summed E-state index contributed by atoms with van der Waals surface area (Å²) in [7, 11) is 3.10. The number of aromatic nitrogens is 3. The van der Waals surface area contributed by atoms with Crippen LogP contribution in [0.3, 0.4) is 0 Å². The lowest BCUT2D eigenvalue weighted by molar-refractivity contribution is 0.568. The van der Waals surface area contributed by atoms with Gasteiger partial charge in [0, 0.05) is 25.2 Å². The van der Waals surface area contributed by atoms with Gasteiger partial charge in [0.25, 0.3) is 5.56 Å². The van der Waals surface area contributed by atoms with Gasteiger partial charge in [-0.1, -0.05) is 20.8 Å². The fourth-order valence-electron chi connectivity index (χ4n) is 1.87. The highest BCUT2D eigenvalue weighted by Crippen LogP contribution is 2.21. The van der Waals surface area contributed by atoms with E-state index in [2.05, 4.69) is 4.98 Å². The number of nitrogens with zero attached hydrogens (tertiary/aromatic N) is 3. The molecule has 18 heavy (non-hydrogen) atoms. The maximum Gasteiger partial charge on any atom is 0.332 e. The molecule has 96 valence electrons. The zero-order valence-electron chi connectivity index (χ0n) is 11.3. The van der Waals surface area contributed by atoms with Crippen LogP contribution in [0, 0.1) is 0 Å². The van der Waals surface area contributed by atoms with E-state index in [1.54, 1.807) is 13.1 Å². The maximum absolute atomic E-state index is 12.0. The van der Waals surface area contributed by atoms with E-state index in [0.29, 0.717) is 11.0 Å². The third-order valence-corrected chi connectivity index (χ3v) is 3.07. The van der Waals surface area contributed by atoms with Crippen LogP contribution in [-0.4, -0.2) is 14.1 Å². The summed E-state index contributed by atoms with van der Waals surface area (Å²) in [4.78, 5) is 28.3. The van der Waals surface area contributed by atoms with Gasteiger partial charge in [0.2, 0.25) is 0 Å². The number of fused-ring (bicyclic) bond motifs is 1. The summed E-state index contributed by atoms with van der Waals surface area (Å²) in [6, 6.07) is 3.58. The van der Waals surface area contributed by atoms with Crippen LogP contribution >= 0.6 is 0 Å². The van der Waals surface area contributed by atoms with Crippen LogP contribution in [0.4, 0.5) is 0 Å². The first-order valence-electron chi connectivity index (χ1n) is 5.80. The molecule has 0 fully saturated rings. The van der Waals surface area contributed by atoms with Gasteiger partial charge in [-0.3, -0.25) is 13.9 Å². The van der Waals surface area contributed by atoms with Gasteiger partial charge >= 0.3 is 5.69 Å². The van der Waals surface area contributed by atoms with Crippen molar-refractivity contribution in [2.45, 2.75) is 26.2 Å². The zero-order valence-corrected chi connectivity index (χ0v) is 11.3. The van der Waals surface area contributed by atoms with E-state index in [1.165, 1.54) is 11.6 Å². The van der Waals surface area contributed by atoms with Gasteiger partial charge < -0.3 is 0 Å². The molecular formula is C13H17N3O2. The van der Waals surface area contributed by atoms with Crippen molar-refractivity contribution >= 4 is 11.0 Å². The van der Waals surface area contributed by atoms with Crippen LogP contribution in [0.5, 0.6) is 0 Å². The van der Waals surface area contributed by atoms with Crippen LogP contribution < -0.4 is 11.2 Å². The van der Waals surface area contributed by atoms with Gasteiger partial charge in [-0.15, -0.1) is 0 Å². The highest BCUT2D eigenvalue weighted by molar-refractivity contribution is 5.74. The first-order valence-corrected chi connectivity index (χ1v) is 5.80. The minimum atomic E-state index is -0.356. The Morgan fingerprint density at radius 1 is 1.06 bits per heavy atom. The van der Waals surface area contributed by atoms with E-state index in [0.717, 1.165) is 10.3 Å². The summed E-state index contributed by atoms with van der Waals surface area (Å²) in [5, 5.41) is 0.465. The Morgan fingerprint density at radius 3 is 2.22 bits per heavy atom. The Labute approximate surface area is 105 Å². The molecule has 5 nitrogen and oxygen atoms in total. The number of hydrogen-bond acceptors (Lipinski definition) is 3. The molecule has 0 aromatic carbocycles. The van der Waals surface area contributed by atoms with Gasteiger partial charge in [-0.25, -0.2) is 9.78 Å². The smallest absolute Gasteiger partial charge is 0.280 e. The molecule has 0 spiro atoms. The number of hydrogen-bond donors (Lipinski definition) is 0. The Balaban J connectivity index is 2.96. The van der Waals surface area contributed by atoms with E-state index in [1.807, 2.05) is 26.8 Å². The van der Waals surface area contributed by atoms with Gasteiger partial charge in [-0.05, 0) is 12.1 Å². The van der Waals surface area contributed by atoms with Gasteiger partial charge in [-0.2, -0.15) is 0 Å². The molecule has 0 aliphatic heterocycles. The standard InChI is InChI=1S/C13H17N3O2/c1-13(2,3)9-7-6-8-10(14-9)15(4)12(18)16(5)11(8)17/h6-7H,1-5H3. The Morgan fingerprint density at radius 2 is 1.67 bits per heavy atom. The molecule has 0 saturated heterocycles. The summed E-state index contributed by atoms with van der Waals surface area (Å²) in [5.74, 6) is 0. The monoisotopic (exact) mass is 247 g/mol. The molecule has 0 unspecified atom stereocenters. The average Bonchev–Trinajstić information content (AvgIpc) is 2.32. The third kappa shape index (κ3) is 1.75. The van der Waals surface area contributed by atoms with E-state index in [4.69, 9.17) is 0 Å². The van der Waals surface area contributed by atoms with Crippen LogP contribution in [0.1, 0.15) is 26.5 Å². The predicted octanol–water partition coefficient (Wildman–Crippen LogP) is 0.930. The van der Waals surface area contributed by atoms with E-state index in [9.17, 15) is 9.59 Å². The number of aryl methyl sites for hydroxylation is 1. The van der Waals surface area contributed by atoms with Crippen molar-refractivity contribution in [2.75, 3.05) is 0 Å². The topological polar surface area (TPSA) is 56.9 Å². The highest BCUT2D eigenvalue weighted by Gasteiger charge is 2.18. The van der Waals surface area contributed by atoms with E-state index >= 15 is 0 Å². The minimum absolute atomic E-state index is 0.120. The van der Waals surface area contributed by atoms with Gasteiger partial charge in [0.15, 0.2) is 0 Å². The predicted molar refractivity (Wildman–Crippen MR) is 70.9 cm³/mol. The van der Waals surface area contributed by atoms with Crippen LogP contribution in [0.15, 0.2) is 21.7 Å². The quantitative estimate of drug-likeness (QED) is 0.696. The number of pyridine rings is 1. The van der Waals surface area contributed by atoms with Crippen molar-refractivity contribution in [3.05, 3.63) is 38.7 Å². The fraction of sp³-hybridized carbons (Fsp3) is 0.462. The fourth-order valence-corrected chi connectivity index (χ4v) is 1.87. The molecule has 0 aliphatic rings. The SMILES string of the molecule is Cn1c(=O)c2ccc(C(C)(C)C)nc2n(C)c1=O. The Kier molecular flexibility index (Phi) is 2.65. The van der Waals surface area contributed by atoms with Crippen molar-refractivity contribution in [3.8, 4) is 0 Å². The molecule has 0 amide bonds. The summed E-state index contributed by atoms with van der Waals surface area (Å²) in [6.07, 6.45) is 0. The lowest BCUT2D eigenvalue weighted by Crippen LogP contribution is -2.37. The molecule has 5 heteroatoms. The van der Waals surface area contributed by atoms with E-state index in [-0.39, 0.29) is 16.7 Å². The molecule has 0 bridgehead atoms. The Hall–Kier alpha value is -1.91. The normalized spacial score (nSPS) is 12.1. The summed E-state index contributed by atoms with van der Waals surface area (Å²) in [5.41, 5.74) is 0.520. The molecule has 2 heterocycles. The minimum Gasteiger partial charge on any atom is -0.280 e. The molecule has 0 N–H and O–H groups in total. The highest BCUT2D eigenvalue weighted by atomic mass is 16.2. The molecule has 0 radical (unpaired) electrons. The molecular weight excluding hydrogens is 230 g/mol. The average molecular weight is 247 g/mol. The maximum atomic E-state index is 12.0. The number of rotatable bonds is 0. The van der Waals surface area contributed by atoms with Crippen LogP contribution in [0.25, 0.3) is 11.0 Å². The molecule has 2 rings (SSSR count). The van der Waals surface area contributed by atoms with Crippen molar-refractivity contribution < 1.29 is 0 Å². The lowest BCUT2D eigenvalue weighted by Gasteiger charge is -2.18. The van der Waals surface area contributed by atoms with Crippen molar-refractivity contribution in [1.82, 2.24) is 14.1 Å². The first kappa shape index (κ1) is 12.5. The van der Waals surface area contributed by atoms with Crippen LogP contribution in [-0.2, 0) is 19.5 Å². The Bertz CT molecular complexity index is 733. The van der Waals surface area contributed by atoms with E-state index < -0.39 is 0 Å². The zero-order chi connectivity index (χ0) is 13.7. The second-order valence-corrected chi connectivity index (χ2v) is 5.52. The van der Waals surface area contributed by atoms with Crippen molar-refractivity contribution in [3.63, 3.8) is 0 Å². The summed E-state index contributed by atoms with van der Waals surface area (Å²) < 4.78 is 2.51. The van der Waals surface area contributed by atoms with Crippen molar-refractivity contribution in [1.29, 1.82) is 0 Å². The third-order valence-electron chi connectivity index (χ3n) is 3.07. The van der Waals surface area contributed by atoms with Crippen LogP contribution in [0.2, 0.25) is 0 Å². The lowest BCUT2D eigenvalue weighted by atomic mass is 9.91.